The minimum atomic E-state index is -0.605. The molecule has 6 nitrogen and oxygen atoms in total. The van der Waals surface area contributed by atoms with Gasteiger partial charge in [-0.25, -0.2) is 0 Å². The van der Waals surface area contributed by atoms with E-state index < -0.39 is 5.53 Å². The van der Waals surface area contributed by atoms with E-state index in [0.717, 1.165) is 38.5 Å². The van der Waals surface area contributed by atoms with Crippen molar-refractivity contribution in [2.75, 3.05) is 37.1 Å². The lowest BCUT2D eigenvalue weighted by atomic mass is 10.1. The number of unbranched alkanes of at least 4 members (excludes halogenated alkanes) is 18. The van der Waals surface area contributed by atoms with Crippen molar-refractivity contribution in [3.05, 3.63) is 0 Å². The van der Waals surface area contributed by atoms with Crippen molar-refractivity contribution in [1.82, 2.24) is 0 Å². The number of carbonyl (C=O) groups excluding carboxylic acids is 3. The molecule has 272 valence electrons. The minimum Gasteiger partial charge on any atom is -0.466 e. The van der Waals surface area contributed by atoms with Crippen LogP contribution in [0.15, 0.2) is 0 Å². The van der Waals surface area contributed by atoms with Crippen molar-refractivity contribution in [1.29, 1.82) is 0 Å². The molecule has 0 bridgehead atoms. The first-order valence-corrected chi connectivity index (χ1v) is 24.8. The molecule has 0 aliphatic rings. The molecule has 0 atom stereocenters. The fourth-order valence-corrected chi connectivity index (χ4v) is 15.0. The Morgan fingerprint density at radius 3 is 0.891 bits per heavy atom. The molecule has 0 aliphatic carbocycles. The van der Waals surface area contributed by atoms with Crippen molar-refractivity contribution in [3.63, 3.8) is 0 Å². The van der Waals surface area contributed by atoms with Gasteiger partial charge in [0.25, 0.3) is 0 Å². The van der Waals surface area contributed by atoms with Crippen molar-refractivity contribution >= 4 is 57.6 Å². The number of hydrogen-bond donors (Lipinski definition) is 0. The molecule has 0 aliphatic heterocycles. The molecular formula is C36H69O6PS3. The Kier molecular flexibility index (Phi) is 37.6. The van der Waals surface area contributed by atoms with Crippen LogP contribution in [0.5, 0.6) is 0 Å². The molecule has 0 fully saturated rings. The van der Waals surface area contributed by atoms with E-state index in [1.165, 1.54) is 96.3 Å². The molecule has 0 spiro atoms. The quantitative estimate of drug-likeness (QED) is 0.0271. The van der Waals surface area contributed by atoms with Crippen LogP contribution in [0.1, 0.15) is 175 Å². The zero-order valence-corrected chi connectivity index (χ0v) is 33.2. The lowest BCUT2D eigenvalue weighted by molar-refractivity contribution is -0.144. The van der Waals surface area contributed by atoms with Gasteiger partial charge in [-0.2, -0.15) is 0 Å². The topological polar surface area (TPSA) is 78.9 Å². The maximum Gasteiger partial charge on any atom is 0.306 e. The van der Waals surface area contributed by atoms with E-state index in [1.54, 1.807) is 34.1 Å². The lowest BCUT2D eigenvalue weighted by Gasteiger charge is -2.15. The van der Waals surface area contributed by atoms with Gasteiger partial charge in [0.2, 0.25) is 0 Å². The predicted molar refractivity (Wildman–Crippen MR) is 205 cm³/mol. The van der Waals surface area contributed by atoms with Gasteiger partial charge in [-0.3, -0.25) is 14.4 Å². The van der Waals surface area contributed by atoms with Crippen molar-refractivity contribution in [2.45, 2.75) is 175 Å². The zero-order chi connectivity index (χ0) is 33.8. The van der Waals surface area contributed by atoms with Crippen LogP contribution in [0.4, 0.5) is 0 Å². The van der Waals surface area contributed by atoms with E-state index in [1.807, 2.05) is 0 Å². The molecule has 0 saturated heterocycles. The Balaban J connectivity index is 4.29. The lowest BCUT2D eigenvalue weighted by Crippen LogP contribution is -2.07. The van der Waals surface area contributed by atoms with Gasteiger partial charge in [0.15, 0.2) is 0 Å². The van der Waals surface area contributed by atoms with E-state index >= 15 is 0 Å². The number of ether oxygens (including phenoxy) is 3. The predicted octanol–water partition coefficient (Wildman–Crippen LogP) is 12.5. The number of hydrogen-bond acceptors (Lipinski definition) is 9. The maximum absolute atomic E-state index is 12.3. The summed E-state index contributed by atoms with van der Waals surface area (Å²) >= 11 is 5.28. The number of esters is 3. The second-order valence-electron chi connectivity index (χ2n) is 12.0. The van der Waals surface area contributed by atoms with Gasteiger partial charge in [0.05, 0.1) is 44.6 Å². The van der Waals surface area contributed by atoms with Crippen molar-refractivity contribution < 1.29 is 28.6 Å². The molecule has 0 saturated carbocycles. The first-order valence-electron chi connectivity index (χ1n) is 18.7. The first-order chi connectivity index (χ1) is 22.5. The highest BCUT2D eigenvalue weighted by molar-refractivity contribution is 9.12. The Morgan fingerprint density at radius 1 is 0.391 bits per heavy atom. The SMILES string of the molecule is CCCCCCCCCOC(=O)CCSP(SCCC(=O)OCCCCCCCCC)SCCC(=O)OCCCCCCCCC. The Bertz CT molecular complexity index is 610. The third-order valence-electron chi connectivity index (χ3n) is 7.54. The molecule has 10 heteroatoms. The maximum atomic E-state index is 12.3. The Morgan fingerprint density at radius 2 is 0.630 bits per heavy atom. The van der Waals surface area contributed by atoms with Gasteiger partial charge < -0.3 is 14.2 Å². The van der Waals surface area contributed by atoms with Gasteiger partial charge >= 0.3 is 17.9 Å². The molecule has 0 aromatic rings. The smallest absolute Gasteiger partial charge is 0.306 e. The summed E-state index contributed by atoms with van der Waals surface area (Å²) in [5, 5.41) is 0. The van der Waals surface area contributed by atoms with Crippen molar-refractivity contribution in [2.24, 2.45) is 0 Å². The van der Waals surface area contributed by atoms with Crippen LogP contribution < -0.4 is 0 Å². The summed E-state index contributed by atoms with van der Waals surface area (Å²) in [7, 11) is 0. The van der Waals surface area contributed by atoms with E-state index in [9.17, 15) is 14.4 Å². The van der Waals surface area contributed by atoms with E-state index in [2.05, 4.69) is 20.8 Å². The van der Waals surface area contributed by atoms with Crippen LogP contribution in [0.2, 0.25) is 0 Å². The number of rotatable bonds is 36. The van der Waals surface area contributed by atoms with Crippen LogP contribution in [0.3, 0.4) is 0 Å². The van der Waals surface area contributed by atoms with Gasteiger partial charge in [0, 0.05) is 17.3 Å². The molecular weight excluding hydrogens is 656 g/mol. The summed E-state index contributed by atoms with van der Waals surface area (Å²) in [5.74, 6) is 1.66. The molecule has 0 heterocycles. The second kappa shape index (κ2) is 37.7. The van der Waals surface area contributed by atoms with Gasteiger partial charge in [-0.15, -0.1) is 34.1 Å². The highest BCUT2D eigenvalue weighted by Gasteiger charge is 2.15. The summed E-state index contributed by atoms with van der Waals surface area (Å²) < 4.78 is 16.4. The molecule has 0 N–H and O–H groups in total. The summed E-state index contributed by atoms with van der Waals surface area (Å²) in [6, 6.07) is 0. The molecule has 0 aromatic heterocycles. The Labute approximate surface area is 296 Å². The monoisotopic (exact) mass is 724 g/mol. The van der Waals surface area contributed by atoms with E-state index in [-0.39, 0.29) is 17.9 Å². The van der Waals surface area contributed by atoms with Crippen molar-refractivity contribution in [3.8, 4) is 0 Å². The zero-order valence-electron chi connectivity index (χ0n) is 29.8. The second-order valence-corrected chi connectivity index (χ2v) is 22.1. The van der Waals surface area contributed by atoms with Gasteiger partial charge in [-0.1, -0.05) is 136 Å². The average Bonchev–Trinajstić information content (AvgIpc) is 3.04. The van der Waals surface area contributed by atoms with Crippen LogP contribution in [-0.2, 0) is 28.6 Å². The molecule has 0 radical (unpaired) electrons. The van der Waals surface area contributed by atoms with E-state index in [4.69, 9.17) is 14.2 Å². The standard InChI is InChI=1S/C36H69O6PS3/c1-4-7-10-13-16-19-22-28-40-34(37)25-31-44-43(45-32-26-35(38)41-29-23-20-17-14-11-8-5-2)46-33-27-36(39)42-30-24-21-18-15-12-9-6-3/h4-33H2,1-3H3. The van der Waals surface area contributed by atoms with Crippen LogP contribution in [0, 0.1) is 0 Å². The van der Waals surface area contributed by atoms with E-state index in [0.29, 0.717) is 56.3 Å². The molecule has 0 amide bonds. The molecule has 0 unspecified atom stereocenters. The third kappa shape index (κ3) is 35.2. The molecule has 46 heavy (non-hydrogen) atoms. The van der Waals surface area contributed by atoms with Gasteiger partial charge in [0.1, 0.15) is 0 Å². The number of carbonyl (C=O) groups is 3. The van der Waals surface area contributed by atoms with Crippen LogP contribution >= 0.6 is 39.7 Å². The average molecular weight is 725 g/mol. The Hall–Kier alpha value is -0.110. The normalized spacial score (nSPS) is 11.2. The highest BCUT2D eigenvalue weighted by Crippen LogP contribution is 2.70. The highest BCUT2D eigenvalue weighted by atomic mass is 33.4. The summed E-state index contributed by atoms with van der Waals surface area (Å²) in [6.45, 7) is 8.21. The summed E-state index contributed by atoms with van der Waals surface area (Å²) in [6.07, 6.45) is 26.4. The summed E-state index contributed by atoms with van der Waals surface area (Å²) in [4.78, 5) is 36.8. The van der Waals surface area contributed by atoms with Gasteiger partial charge in [-0.05, 0) is 19.3 Å². The van der Waals surface area contributed by atoms with Crippen LogP contribution in [0.25, 0.3) is 0 Å². The largest absolute Gasteiger partial charge is 0.466 e. The minimum absolute atomic E-state index is 0.133. The third-order valence-corrected chi connectivity index (χ3v) is 18.6. The van der Waals surface area contributed by atoms with Crippen LogP contribution in [-0.4, -0.2) is 55.0 Å². The first kappa shape index (κ1) is 45.9. The fourth-order valence-electron chi connectivity index (χ4n) is 4.67. The summed E-state index contributed by atoms with van der Waals surface area (Å²) in [5.41, 5.74) is -0.605. The fraction of sp³-hybridized carbons (Fsp3) is 0.917. The molecule has 0 aromatic carbocycles. The molecule has 0 rings (SSSR count).